The van der Waals surface area contributed by atoms with Crippen molar-refractivity contribution in [2.24, 2.45) is 10.9 Å². The molecule has 76 valence electrons. The SMILES string of the molecule is CCc1cc(C)c(O)c(/C(N)=N/O)c1. The highest BCUT2D eigenvalue weighted by Crippen LogP contribution is 2.23. The molecule has 1 aromatic carbocycles. The lowest BCUT2D eigenvalue weighted by molar-refractivity contribution is 0.318. The largest absolute Gasteiger partial charge is 0.507 e. The van der Waals surface area contributed by atoms with E-state index in [9.17, 15) is 5.11 Å². The zero-order valence-corrected chi connectivity index (χ0v) is 8.28. The number of aromatic hydroxyl groups is 1. The summed E-state index contributed by atoms with van der Waals surface area (Å²) in [5, 5.41) is 21.0. The number of phenolic OH excluding ortho intramolecular Hbond substituents is 1. The average Bonchev–Trinajstić information content (AvgIpc) is 2.20. The van der Waals surface area contributed by atoms with Gasteiger partial charge in [0.05, 0.1) is 5.56 Å². The first-order valence-electron chi connectivity index (χ1n) is 4.40. The maximum Gasteiger partial charge on any atom is 0.173 e. The summed E-state index contributed by atoms with van der Waals surface area (Å²) in [6.45, 7) is 3.78. The molecule has 14 heavy (non-hydrogen) atoms. The number of oxime groups is 1. The maximum atomic E-state index is 9.65. The highest BCUT2D eigenvalue weighted by molar-refractivity contribution is 6.00. The van der Waals surface area contributed by atoms with Crippen LogP contribution in [0.5, 0.6) is 5.75 Å². The van der Waals surface area contributed by atoms with Crippen LogP contribution in [-0.4, -0.2) is 16.1 Å². The second-order valence-corrected chi connectivity index (χ2v) is 3.15. The van der Waals surface area contributed by atoms with Gasteiger partial charge in [0.2, 0.25) is 0 Å². The second-order valence-electron chi connectivity index (χ2n) is 3.15. The molecule has 0 aliphatic carbocycles. The van der Waals surface area contributed by atoms with Crippen molar-refractivity contribution < 1.29 is 10.3 Å². The van der Waals surface area contributed by atoms with Gasteiger partial charge in [-0.25, -0.2) is 0 Å². The van der Waals surface area contributed by atoms with Crippen LogP contribution in [0.15, 0.2) is 17.3 Å². The minimum Gasteiger partial charge on any atom is -0.507 e. The van der Waals surface area contributed by atoms with Gasteiger partial charge in [0.1, 0.15) is 5.75 Å². The Morgan fingerprint density at radius 1 is 1.50 bits per heavy atom. The van der Waals surface area contributed by atoms with Crippen LogP contribution in [0, 0.1) is 6.92 Å². The molecule has 0 atom stereocenters. The van der Waals surface area contributed by atoms with E-state index in [1.807, 2.05) is 13.0 Å². The third-order valence-electron chi connectivity index (χ3n) is 2.15. The van der Waals surface area contributed by atoms with E-state index in [0.29, 0.717) is 5.56 Å². The third kappa shape index (κ3) is 1.79. The third-order valence-corrected chi connectivity index (χ3v) is 2.15. The highest BCUT2D eigenvalue weighted by atomic mass is 16.4. The van der Waals surface area contributed by atoms with Crippen LogP contribution in [0.3, 0.4) is 0 Å². The zero-order valence-electron chi connectivity index (χ0n) is 8.28. The summed E-state index contributed by atoms with van der Waals surface area (Å²) in [5.74, 6) is -0.00148. The molecule has 4 N–H and O–H groups in total. The van der Waals surface area contributed by atoms with Crippen molar-refractivity contribution >= 4 is 5.84 Å². The maximum absolute atomic E-state index is 9.65. The fourth-order valence-corrected chi connectivity index (χ4v) is 1.31. The normalized spacial score (nSPS) is 11.7. The van der Waals surface area contributed by atoms with Gasteiger partial charge in [-0.3, -0.25) is 0 Å². The van der Waals surface area contributed by atoms with E-state index in [4.69, 9.17) is 10.9 Å². The molecule has 0 radical (unpaired) electrons. The molecule has 0 aliphatic rings. The van der Waals surface area contributed by atoms with Gasteiger partial charge in [-0.15, -0.1) is 0 Å². The topological polar surface area (TPSA) is 78.8 Å². The number of benzene rings is 1. The van der Waals surface area contributed by atoms with E-state index >= 15 is 0 Å². The van der Waals surface area contributed by atoms with Crippen LogP contribution in [-0.2, 0) is 6.42 Å². The van der Waals surface area contributed by atoms with E-state index in [0.717, 1.165) is 17.5 Å². The minimum absolute atomic E-state index is 0.0671. The molecule has 0 aromatic heterocycles. The first-order chi connectivity index (χ1) is 6.60. The standard InChI is InChI=1S/C10H14N2O2/c1-3-7-4-6(2)9(13)8(5-7)10(11)12-14/h4-5,13-14H,3H2,1-2H3,(H2,11,12). The number of nitrogens with two attached hydrogens (primary N) is 1. The van der Waals surface area contributed by atoms with Gasteiger partial charge in [-0.2, -0.15) is 0 Å². The number of hydrogen-bond acceptors (Lipinski definition) is 3. The molecule has 1 aromatic rings. The van der Waals surface area contributed by atoms with Gasteiger partial charge >= 0.3 is 0 Å². The second kappa shape index (κ2) is 4.00. The first-order valence-corrected chi connectivity index (χ1v) is 4.40. The van der Waals surface area contributed by atoms with E-state index in [-0.39, 0.29) is 11.6 Å². The van der Waals surface area contributed by atoms with Crippen LogP contribution in [0.25, 0.3) is 0 Å². The summed E-state index contributed by atoms with van der Waals surface area (Å²) < 4.78 is 0. The zero-order chi connectivity index (χ0) is 10.7. The molecule has 4 nitrogen and oxygen atoms in total. The number of phenols is 1. The quantitative estimate of drug-likeness (QED) is 0.288. The van der Waals surface area contributed by atoms with Crippen LogP contribution in [0.1, 0.15) is 23.6 Å². The number of aryl methyl sites for hydroxylation is 2. The van der Waals surface area contributed by atoms with Crippen LogP contribution in [0.2, 0.25) is 0 Å². The predicted octanol–water partition coefficient (Wildman–Crippen LogP) is 1.36. The van der Waals surface area contributed by atoms with Crippen molar-refractivity contribution in [3.8, 4) is 5.75 Å². The Hall–Kier alpha value is -1.71. The molecular weight excluding hydrogens is 180 g/mol. The van der Waals surface area contributed by atoms with Crippen molar-refractivity contribution in [2.75, 3.05) is 0 Å². The molecule has 0 heterocycles. The molecule has 1 rings (SSSR count). The summed E-state index contributed by atoms with van der Waals surface area (Å²) in [5.41, 5.74) is 7.58. The lowest BCUT2D eigenvalue weighted by Gasteiger charge is -2.08. The van der Waals surface area contributed by atoms with Crippen LogP contribution in [0.4, 0.5) is 0 Å². The molecule has 0 saturated heterocycles. The molecule has 0 unspecified atom stereocenters. The number of hydrogen-bond donors (Lipinski definition) is 3. The van der Waals surface area contributed by atoms with Crippen LogP contribution >= 0.6 is 0 Å². The summed E-state index contributed by atoms with van der Waals surface area (Å²) in [4.78, 5) is 0. The van der Waals surface area contributed by atoms with Crippen molar-refractivity contribution in [3.05, 3.63) is 28.8 Å². The van der Waals surface area contributed by atoms with Crippen molar-refractivity contribution in [3.63, 3.8) is 0 Å². The van der Waals surface area contributed by atoms with Gasteiger partial charge < -0.3 is 16.0 Å². The predicted molar refractivity (Wildman–Crippen MR) is 54.7 cm³/mol. The summed E-state index contributed by atoms with van der Waals surface area (Å²) in [7, 11) is 0. The van der Waals surface area contributed by atoms with Crippen molar-refractivity contribution in [2.45, 2.75) is 20.3 Å². The van der Waals surface area contributed by atoms with Gasteiger partial charge in [-0.05, 0) is 30.5 Å². The Morgan fingerprint density at radius 2 is 2.14 bits per heavy atom. The molecule has 0 amide bonds. The van der Waals surface area contributed by atoms with Crippen molar-refractivity contribution in [1.29, 1.82) is 0 Å². The molecule has 0 bridgehead atoms. The number of rotatable bonds is 2. The Balaban J connectivity index is 3.34. The van der Waals surface area contributed by atoms with E-state index in [1.54, 1.807) is 13.0 Å². The fourth-order valence-electron chi connectivity index (χ4n) is 1.31. The first kappa shape index (κ1) is 10.4. The smallest absolute Gasteiger partial charge is 0.173 e. The highest BCUT2D eigenvalue weighted by Gasteiger charge is 2.09. The summed E-state index contributed by atoms with van der Waals surface area (Å²) >= 11 is 0. The minimum atomic E-state index is -0.0686. The molecular formula is C10H14N2O2. The van der Waals surface area contributed by atoms with Crippen LogP contribution < -0.4 is 5.73 Å². The fraction of sp³-hybridized carbons (Fsp3) is 0.300. The van der Waals surface area contributed by atoms with Gasteiger partial charge in [0.15, 0.2) is 5.84 Å². The van der Waals surface area contributed by atoms with E-state index < -0.39 is 0 Å². The Morgan fingerprint density at radius 3 is 2.64 bits per heavy atom. The lowest BCUT2D eigenvalue weighted by Crippen LogP contribution is -2.14. The number of nitrogens with zero attached hydrogens (tertiary/aromatic N) is 1. The molecule has 0 saturated carbocycles. The lowest BCUT2D eigenvalue weighted by atomic mass is 10.0. The summed E-state index contributed by atoms with van der Waals surface area (Å²) in [6.07, 6.45) is 0.840. The van der Waals surface area contributed by atoms with Crippen molar-refractivity contribution in [1.82, 2.24) is 0 Å². The average molecular weight is 194 g/mol. The monoisotopic (exact) mass is 194 g/mol. The number of amidine groups is 1. The molecule has 0 fully saturated rings. The molecule has 0 spiro atoms. The van der Waals surface area contributed by atoms with Gasteiger partial charge in [-0.1, -0.05) is 18.1 Å². The van der Waals surface area contributed by atoms with Gasteiger partial charge in [0, 0.05) is 0 Å². The Bertz CT molecular complexity index is 373. The molecule has 0 aliphatic heterocycles. The van der Waals surface area contributed by atoms with Gasteiger partial charge in [0.25, 0.3) is 0 Å². The Labute approximate surface area is 82.7 Å². The Kier molecular flexibility index (Phi) is 2.96. The van der Waals surface area contributed by atoms with E-state index in [1.165, 1.54) is 0 Å². The van der Waals surface area contributed by atoms with E-state index in [2.05, 4.69) is 5.16 Å². The summed E-state index contributed by atoms with van der Waals surface area (Å²) in [6, 6.07) is 3.60. The molecule has 4 heteroatoms.